The van der Waals surface area contributed by atoms with E-state index in [1.807, 2.05) is 60.8 Å². The van der Waals surface area contributed by atoms with E-state index in [-0.39, 0.29) is 5.97 Å². The Balaban J connectivity index is 2.03. The van der Waals surface area contributed by atoms with Crippen LogP contribution >= 0.6 is 0 Å². The normalized spacial score (nSPS) is 11.1. The fraction of sp³-hybridized carbons (Fsp3) is 0.316. The maximum Gasteiger partial charge on any atom is 0.340 e. The van der Waals surface area contributed by atoms with Gasteiger partial charge in [-0.1, -0.05) is 6.07 Å². The molecule has 1 aromatic carbocycles. The summed E-state index contributed by atoms with van der Waals surface area (Å²) < 4.78 is 18.2. The molecule has 0 saturated carbocycles. The molecule has 5 heteroatoms. The van der Waals surface area contributed by atoms with Crippen LogP contribution in [0, 0.1) is 0 Å². The first-order valence-corrected chi connectivity index (χ1v) is 8.16. The zero-order chi connectivity index (χ0) is 16.9. The zero-order valence-corrected chi connectivity index (χ0v) is 14.0. The molecule has 5 nitrogen and oxygen atoms in total. The number of ether oxygens (including phenoxy) is 3. The largest absolute Gasteiger partial charge is 0.491 e. The van der Waals surface area contributed by atoms with Crippen LogP contribution in [-0.4, -0.2) is 36.8 Å². The van der Waals surface area contributed by atoms with Crippen LogP contribution in [0.1, 0.15) is 24.2 Å². The van der Waals surface area contributed by atoms with Gasteiger partial charge in [0.1, 0.15) is 12.4 Å². The number of hydrogen-bond donors (Lipinski definition) is 0. The predicted octanol–water partition coefficient (Wildman–Crippen LogP) is 3.68. The number of esters is 1. The average Bonchev–Trinajstić information content (AvgIpc) is 2.93. The van der Waals surface area contributed by atoms with Gasteiger partial charge >= 0.3 is 5.97 Å². The second kappa shape index (κ2) is 7.36. The van der Waals surface area contributed by atoms with Crippen molar-refractivity contribution in [3.63, 3.8) is 0 Å². The molecule has 0 radical (unpaired) electrons. The van der Waals surface area contributed by atoms with Crippen molar-refractivity contribution in [2.45, 2.75) is 13.8 Å². The van der Waals surface area contributed by atoms with Crippen molar-refractivity contribution in [2.24, 2.45) is 0 Å². The molecule has 0 aliphatic carbocycles. The number of carbonyl (C=O) groups excluding carboxylic acids is 1. The first kappa shape index (κ1) is 16.3. The summed E-state index contributed by atoms with van der Waals surface area (Å²) in [6, 6.07) is 11.5. The predicted molar refractivity (Wildman–Crippen MR) is 92.8 cm³/mol. The Kier molecular flexibility index (Phi) is 5.01. The van der Waals surface area contributed by atoms with E-state index in [4.69, 9.17) is 14.2 Å². The minimum Gasteiger partial charge on any atom is -0.491 e. The molecule has 3 aromatic rings. The van der Waals surface area contributed by atoms with Crippen molar-refractivity contribution in [2.75, 3.05) is 26.4 Å². The number of hydrogen-bond acceptors (Lipinski definition) is 4. The van der Waals surface area contributed by atoms with Gasteiger partial charge in [0.25, 0.3) is 0 Å². The highest BCUT2D eigenvalue weighted by Gasteiger charge is 2.19. The number of carbonyl (C=O) groups is 1. The van der Waals surface area contributed by atoms with E-state index in [9.17, 15) is 4.79 Å². The van der Waals surface area contributed by atoms with E-state index < -0.39 is 0 Å². The van der Waals surface area contributed by atoms with Gasteiger partial charge in [-0.3, -0.25) is 0 Å². The lowest BCUT2D eigenvalue weighted by atomic mass is 10.1. The Labute approximate surface area is 140 Å². The summed E-state index contributed by atoms with van der Waals surface area (Å²) >= 11 is 0. The molecule has 126 valence electrons. The smallest absolute Gasteiger partial charge is 0.340 e. The lowest BCUT2D eigenvalue weighted by molar-refractivity contribution is 0.0531. The van der Waals surface area contributed by atoms with Crippen molar-refractivity contribution in [1.29, 1.82) is 0 Å². The Morgan fingerprint density at radius 1 is 1.04 bits per heavy atom. The van der Waals surface area contributed by atoms with Crippen LogP contribution in [-0.2, 0) is 9.47 Å². The first-order chi connectivity index (χ1) is 11.8. The molecule has 0 aliphatic rings. The molecule has 0 atom stereocenters. The van der Waals surface area contributed by atoms with Crippen LogP contribution in [0.5, 0.6) is 5.75 Å². The van der Waals surface area contributed by atoms with Gasteiger partial charge < -0.3 is 18.6 Å². The molecule has 0 amide bonds. The number of fused-ring (bicyclic) bond motifs is 3. The number of rotatable bonds is 7. The molecule has 0 fully saturated rings. The van der Waals surface area contributed by atoms with Crippen molar-refractivity contribution < 1.29 is 19.0 Å². The summed E-state index contributed by atoms with van der Waals surface area (Å²) in [6.45, 7) is 5.83. The van der Waals surface area contributed by atoms with Gasteiger partial charge in [0.2, 0.25) is 0 Å². The summed E-state index contributed by atoms with van der Waals surface area (Å²) in [4.78, 5) is 12.4. The molecule has 0 saturated heterocycles. The van der Waals surface area contributed by atoms with Gasteiger partial charge in [-0.2, -0.15) is 0 Å². The van der Waals surface area contributed by atoms with E-state index in [2.05, 4.69) is 0 Å². The van der Waals surface area contributed by atoms with Crippen LogP contribution in [0.3, 0.4) is 0 Å². The quantitative estimate of drug-likeness (QED) is 0.490. The Hall–Kier alpha value is -2.53. The van der Waals surface area contributed by atoms with Crippen molar-refractivity contribution in [3.8, 4) is 5.75 Å². The summed E-state index contributed by atoms with van der Waals surface area (Å²) in [7, 11) is 0. The van der Waals surface area contributed by atoms with E-state index >= 15 is 0 Å². The lowest BCUT2D eigenvalue weighted by Gasteiger charge is -2.06. The van der Waals surface area contributed by atoms with E-state index in [1.165, 1.54) is 0 Å². The number of benzene rings is 1. The molecular weight excluding hydrogens is 306 g/mol. The SMILES string of the molecule is CCOCCOc1ccc2c(C(=O)OCC)c3ccccn3c2c1. The van der Waals surface area contributed by atoms with E-state index in [1.54, 1.807) is 0 Å². The zero-order valence-electron chi connectivity index (χ0n) is 14.0. The highest BCUT2D eigenvalue weighted by Crippen LogP contribution is 2.30. The van der Waals surface area contributed by atoms with Gasteiger partial charge in [0, 0.05) is 24.3 Å². The standard InChI is InChI=1S/C19H21NO4/c1-3-22-11-12-24-14-8-9-15-17(13-14)20-10-6-5-7-16(20)18(15)19(21)23-4-2/h5-10,13H,3-4,11-12H2,1-2H3. The maximum absolute atomic E-state index is 12.4. The number of aromatic nitrogens is 1. The molecule has 0 unspecified atom stereocenters. The van der Waals surface area contributed by atoms with E-state index in [0.717, 1.165) is 22.2 Å². The summed E-state index contributed by atoms with van der Waals surface area (Å²) in [5.74, 6) is 0.446. The van der Waals surface area contributed by atoms with Gasteiger partial charge in [0.05, 0.1) is 29.8 Å². The minimum absolute atomic E-state index is 0.304. The third-order valence-electron chi connectivity index (χ3n) is 3.79. The maximum atomic E-state index is 12.4. The highest BCUT2D eigenvalue weighted by molar-refractivity contribution is 6.11. The average molecular weight is 327 g/mol. The van der Waals surface area contributed by atoms with Crippen LogP contribution in [0.15, 0.2) is 42.6 Å². The monoisotopic (exact) mass is 327 g/mol. The third-order valence-corrected chi connectivity index (χ3v) is 3.79. The summed E-state index contributed by atoms with van der Waals surface area (Å²) in [6.07, 6.45) is 1.93. The van der Waals surface area contributed by atoms with Crippen molar-refractivity contribution in [3.05, 3.63) is 48.2 Å². The molecule has 0 spiro atoms. The lowest BCUT2D eigenvalue weighted by Crippen LogP contribution is -2.06. The fourth-order valence-corrected chi connectivity index (χ4v) is 2.79. The van der Waals surface area contributed by atoms with Gasteiger partial charge in [-0.05, 0) is 38.1 Å². The van der Waals surface area contributed by atoms with Crippen LogP contribution in [0.2, 0.25) is 0 Å². The molecule has 2 aromatic heterocycles. The van der Waals surface area contributed by atoms with Crippen LogP contribution < -0.4 is 4.74 Å². The molecule has 0 N–H and O–H groups in total. The van der Waals surface area contributed by atoms with Gasteiger partial charge in [0.15, 0.2) is 0 Å². The van der Waals surface area contributed by atoms with Gasteiger partial charge in [-0.15, -0.1) is 0 Å². The van der Waals surface area contributed by atoms with Crippen molar-refractivity contribution >= 4 is 22.4 Å². The number of nitrogens with zero attached hydrogens (tertiary/aromatic N) is 1. The molecule has 3 rings (SSSR count). The molecule has 2 heterocycles. The van der Waals surface area contributed by atoms with E-state index in [0.29, 0.717) is 32.0 Å². The molecule has 24 heavy (non-hydrogen) atoms. The topological polar surface area (TPSA) is 49.2 Å². The molecular formula is C19H21NO4. The van der Waals surface area contributed by atoms with Crippen LogP contribution in [0.4, 0.5) is 0 Å². The fourth-order valence-electron chi connectivity index (χ4n) is 2.79. The van der Waals surface area contributed by atoms with Gasteiger partial charge in [-0.25, -0.2) is 4.79 Å². The second-order valence-electron chi connectivity index (χ2n) is 5.28. The molecule has 0 aliphatic heterocycles. The Morgan fingerprint density at radius 3 is 2.71 bits per heavy atom. The van der Waals surface area contributed by atoms with Crippen LogP contribution in [0.25, 0.3) is 16.4 Å². The highest BCUT2D eigenvalue weighted by atomic mass is 16.5. The Bertz CT molecular complexity index is 853. The Morgan fingerprint density at radius 2 is 1.92 bits per heavy atom. The third kappa shape index (κ3) is 3.08. The summed E-state index contributed by atoms with van der Waals surface area (Å²) in [5, 5.41) is 0.858. The summed E-state index contributed by atoms with van der Waals surface area (Å²) in [5.41, 5.74) is 2.34. The molecule has 0 bridgehead atoms. The minimum atomic E-state index is -0.304. The van der Waals surface area contributed by atoms with Crippen molar-refractivity contribution in [1.82, 2.24) is 4.40 Å². The number of pyridine rings is 1. The second-order valence-corrected chi connectivity index (χ2v) is 5.28. The first-order valence-electron chi connectivity index (χ1n) is 8.16.